The van der Waals surface area contributed by atoms with Gasteiger partial charge in [-0.25, -0.2) is 0 Å². The Labute approximate surface area is 178 Å². The third-order valence-corrected chi connectivity index (χ3v) is 6.00. The van der Waals surface area contributed by atoms with Crippen molar-refractivity contribution in [3.8, 4) is 0 Å². The molecular formula is C22H22N4O5. The second kappa shape index (κ2) is 7.50. The summed E-state index contributed by atoms with van der Waals surface area (Å²) in [7, 11) is 0. The summed E-state index contributed by atoms with van der Waals surface area (Å²) in [5, 5.41) is 13.8. The summed E-state index contributed by atoms with van der Waals surface area (Å²) in [6.07, 6.45) is 0.804. The highest BCUT2D eigenvalue weighted by atomic mass is 16.6. The summed E-state index contributed by atoms with van der Waals surface area (Å²) < 4.78 is 0. The molecule has 3 amide bonds. The summed E-state index contributed by atoms with van der Waals surface area (Å²) >= 11 is 0. The van der Waals surface area contributed by atoms with E-state index in [9.17, 15) is 24.5 Å². The molecule has 1 saturated heterocycles. The average molecular weight is 422 g/mol. The maximum atomic E-state index is 13.2. The minimum absolute atomic E-state index is 0.00674. The van der Waals surface area contributed by atoms with Crippen molar-refractivity contribution in [1.82, 2.24) is 4.90 Å². The van der Waals surface area contributed by atoms with Crippen molar-refractivity contribution in [3.05, 3.63) is 63.7 Å². The predicted molar refractivity (Wildman–Crippen MR) is 114 cm³/mol. The van der Waals surface area contributed by atoms with Gasteiger partial charge in [-0.05, 0) is 38.5 Å². The van der Waals surface area contributed by atoms with Crippen molar-refractivity contribution in [3.63, 3.8) is 0 Å². The number of para-hydroxylation sites is 1. The molecule has 1 N–H and O–H groups in total. The van der Waals surface area contributed by atoms with Crippen LogP contribution in [0.2, 0.25) is 0 Å². The standard InChI is InChI=1S/C22H22N4O5/c1-14-7-8-15(13-18(14)26(30)31)23-19(27)10-12-24-21(29)16-5-3-4-6-17(16)25-20(28)9-11-22(24,25)2/h3-8,13H,9-12H2,1-2H3,(H,23,27). The summed E-state index contributed by atoms with van der Waals surface area (Å²) in [6.45, 7) is 3.58. The number of aryl methyl sites for hydroxylation is 1. The number of benzene rings is 2. The molecule has 0 aliphatic carbocycles. The van der Waals surface area contributed by atoms with Gasteiger partial charge < -0.3 is 10.2 Å². The van der Waals surface area contributed by atoms with E-state index in [4.69, 9.17) is 0 Å². The fourth-order valence-corrected chi connectivity index (χ4v) is 4.36. The lowest BCUT2D eigenvalue weighted by atomic mass is 9.98. The van der Waals surface area contributed by atoms with Gasteiger partial charge in [-0.15, -0.1) is 0 Å². The third kappa shape index (κ3) is 3.41. The van der Waals surface area contributed by atoms with E-state index in [2.05, 4.69) is 5.32 Å². The van der Waals surface area contributed by atoms with Gasteiger partial charge in [0.1, 0.15) is 5.66 Å². The molecule has 0 radical (unpaired) electrons. The van der Waals surface area contributed by atoms with Gasteiger partial charge in [0.05, 0.1) is 16.2 Å². The first kappa shape index (κ1) is 20.5. The van der Waals surface area contributed by atoms with E-state index in [1.807, 2.05) is 6.92 Å². The highest BCUT2D eigenvalue weighted by Gasteiger charge is 2.52. The van der Waals surface area contributed by atoms with Crippen LogP contribution in [0.4, 0.5) is 17.1 Å². The molecule has 4 rings (SSSR count). The highest BCUT2D eigenvalue weighted by Crippen LogP contribution is 2.43. The Morgan fingerprint density at radius 2 is 1.97 bits per heavy atom. The summed E-state index contributed by atoms with van der Waals surface area (Å²) in [5.41, 5.74) is 0.954. The van der Waals surface area contributed by atoms with E-state index in [1.165, 1.54) is 6.07 Å². The van der Waals surface area contributed by atoms with Crippen LogP contribution in [0.5, 0.6) is 0 Å². The van der Waals surface area contributed by atoms with Crippen LogP contribution in [0.1, 0.15) is 42.1 Å². The quantitative estimate of drug-likeness (QED) is 0.587. The van der Waals surface area contributed by atoms with E-state index < -0.39 is 10.6 Å². The molecule has 0 saturated carbocycles. The first-order chi connectivity index (χ1) is 14.7. The predicted octanol–water partition coefficient (Wildman–Crippen LogP) is 3.23. The Kier molecular flexibility index (Phi) is 4.96. The lowest BCUT2D eigenvalue weighted by molar-refractivity contribution is -0.385. The van der Waals surface area contributed by atoms with Crippen LogP contribution < -0.4 is 10.2 Å². The molecule has 0 aromatic heterocycles. The third-order valence-electron chi connectivity index (χ3n) is 6.00. The van der Waals surface area contributed by atoms with Gasteiger partial charge in [-0.1, -0.05) is 18.2 Å². The molecule has 0 bridgehead atoms. The van der Waals surface area contributed by atoms with Crippen molar-refractivity contribution in [2.75, 3.05) is 16.8 Å². The van der Waals surface area contributed by atoms with Crippen molar-refractivity contribution >= 4 is 34.8 Å². The highest BCUT2D eigenvalue weighted by molar-refractivity contribution is 6.10. The molecule has 1 unspecified atom stereocenters. The minimum Gasteiger partial charge on any atom is -0.326 e. The number of anilines is 2. The lowest BCUT2D eigenvalue weighted by Crippen LogP contribution is -2.62. The van der Waals surface area contributed by atoms with Gasteiger partial charge in [-0.2, -0.15) is 0 Å². The van der Waals surface area contributed by atoms with Gasteiger partial charge in [0.25, 0.3) is 11.6 Å². The molecule has 160 valence electrons. The average Bonchev–Trinajstić information content (AvgIpc) is 3.04. The Morgan fingerprint density at radius 1 is 1.23 bits per heavy atom. The van der Waals surface area contributed by atoms with E-state index in [1.54, 1.807) is 53.1 Å². The van der Waals surface area contributed by atoms with Crippen LogP contribution in [0, 0.1) is 17.0 Å². The first-order valence-corrected chi connectivity index (χ1v) is 10.0. The first-order valence-electron chi connectivity index (χ1n) is 10.0. The number of nitro benzene ring substituents is 1. The zero-order valence-electron chi connectivity index (χ0n) is 17.3. The monoisotopic (exact) mass is 422 g/mol. The Hall–Kier alpha value is -3.75. The number of carbonyl (C=O) groups excluding carboxylic acids is 3. The minimum atomic E-state index is -0.828. The molecule has 2 aliphatic rings. The summed E-state index contributed by atoms with van der Waals surface area (Å²) in [6, 6.07) is 11.5. The van der Waals surface area contributed by atoms with Gasteiger partial charge >= 0.3 is 0 Å². The van der Waals surface area contributed by atoms with Crippen LogP contribution in [-0.4, -0.2) is 39.8 Å². The van der Waals surface area contributed by atoms with Crippen LogP contribution in [0.3, 0.4) is 0 Å². The maximum absolute atomic E-state index is 13.2. The fourth-order valence-electron chi connectivity index (χ4n) is 4.36. The fraction of sp³-hybridized carbons (Fsp3) is 0.318. The molecule has 2 aromatic carbocycles. The number of nitrogens with zero attached hydrogens (tertiary/aromatic N) is 3. The van der Waals surface area contributed by atoms with Crippen LogP contribution in [0.25, 0.3) is 0 Å². The largest absolute Gasteiger partial charge is 0.326 e. The van der Waals surface area contributed by atoms with Gasteiger partial charge in [0.15, 0.2) is 0 Å². The summed E-state index contributed by atoms with van der Waals surface area (Å²) in [4.78, 5) is 52.1. The number of fused-ring (bicyclic) bond motifs is 3. The normalized spacial score (nSPS) is 19.8. The lowest BCUT2D eigenvalue weighted by Gasteiger charge is -2.48. The van der Waals surface area contributed by atoms with Crippen molar-refractivity contribution in [2.24, 2.45) is 0 Å². The molecule has 2 aliphatic heterocycles. The second-order valence-corrected chi connectivity index (χ2v) is 7.98. The number of hydrogen-bond acceptors (Lipinski definition) is 5. The molecular weight excluding hydrogens is 400 g/mol. The molecule has 0 spiro atoms. The Balaban J connectivity index is 1.52. The van der Waals surface area contributed by atoms with Gasteiger partial charge in [0, 0.05) is 36.7 Å². The number of nitro groups is 1. The van der Waals surface area contributed by atoms with Crippen LogP contribution >= 0.6 is 0 Å². The molecule has 9 heteroatoms. The van der Waals surface area contributed by atoms with Gasteiger partial charge in [0.2, 0.25) is 11.8 Å². The smallest absolute Gasteiger partial charge is 0.274 e. The van der Waals surface area contributed by atoms with Crippen LogP contribution in [-0.2, 0) is 9.59 Å². The molecule has 1 fully saturated rings. The molecule has 1 atom stereocenters. The molecule has 9 nitrogen and oxygen atoms in total. The zero-order chi connectivity index (χ0) is 22.3. The Morgan fingerprint density at radius 3 is 2.71 bits per heavy atom. The molecule has 2 aromatic rings. The maximum Gasteiger partial charge on any atom is 0.274 e. The van der Waals surface area contributed by atoms with E-state index >= 15 is 0 Å². The van der Waals surface area contributed by atoms with E-state index in [0.717, 1.165) is 0 Å². The molecule has 31 heavy (non-hydrogen) atoms. The number of carbonyl (C=O) groups is 3. The van der Waals surface area contributed by atoms with E-state index in [0.29, 0.717) is 35.3 Å². The zero-order valence-corrected chi connectivity index (χ0v) is 17.3. The number of rotatable bonds is 5. The van der Waals surface area contributed by atoms with Crippen LogP contribution in [0.15, 0.2) is 42.5 Å². The molecule has 2 heterocycles. The van der Waals surface area contributed by atoms with E-state index in [-0.39, 0.29) is 36.4 Å². The SMILES string of the molecule is Cc1ccc(NC(=O)CCN2C(=O)c3ccccc3N3C(=O)CCC23C)cc1[N+](=O)[O-]. The van der Waals surface area contributed by atoms with Crippen molar-refractivity contribution in [1.29, 1.82) is 0 Å². The summed E-state index contributed by atoms with van der Waals surface area (Å²) in [5.74, 6) is -0.643. The van der Waals surface area contributed by atoms with Crippen molar-refractivity contribution in [2.45, 2.75) is 38.8 Å². The number of hydrogen-bond donors (Lipinski definition) is 1. The second-order valence-electron chi connectivity index (χ2n) is 7.98. The van der Waals surface area contributed by atoms with Crippen molar-refractivity contribution < 1.29 is 19.3 Å². The van der Waals surface area contributed by atoms with Gasteiger partial charge in [-0.3, -0.25) is 29.4 Å². The number of nitrogens with one attached hydrogen (secondary N) is 1. The topological polar surface area (TPSA) is 113 Å². The number of amides is 3. The Bertz CT molecular complexity index is 1110.